The van der Waals surface area contributed by atoms with Gasteiger partial charge in [-0.2, -0.15) is 8.78 Å². The van der Waals surface area contributed by atoms with Crippen molar-refractivity contribution in [2.24, 2.45) is 5.92 Å². The standard InChI is InChI=1S/C15H21F2NO/c1-2-11-6-3-4-9-14(11)18-12-7-5-8-13(10-12)19-15(16)17/h5,7-8,10-11,14-15,18H,2-4,6,9H2,1H3. The Morgan fingerprint density at radius 3 is 2.84 bits per heavy atom. The zero-order chi connectivity index (χ0) is 13.7. The molecule has 0 saturated heterocycles. The lowest BCUT2D eigenvalue weighted by molar-refractivity contribution is -0.0498. The second-order valence-electron chi connectivity index (χ2n) is 5.11. The van der Waals surface area contributed by atoms with E-state index in [2.05, 4.69) is 17.0 Å². The van der Waals surface area contributed by atoms with Crippen LogP contribution in [0.1, 0.15) is 39.0 Å². The predicted molar refractivity (Wildman–Crippen MR) is 72.7 cm³/mol. The van der Waals surface area contributed by atoms with Crippen LogP contribution in [0.25, 0.3) is 0 Å². The second kappa shape index (κ2) is 6.73. The van der Waals surface area contributed by atoms with Crippen LogP contribution in [0.5, 0.6) is 5.75 Å². The molecule has 1 saturated carbocycles. The molecule has 19 heavy (non-hydrogen) atoms. The quantitative estimate of drug-likeness (QED) is 0.838. The van der Waals surface area contributed by atoms with E-state index in [1.54, 1.807) is 18.2 Å². The Morgan fingerprint density at radius 1 is 1.32 bits per heavy atom. The van der Waals surface area contributed by atoms with Gasteiger partial charge in [-0.3, -0.25) is 0 Å². The van der Waals surface area contributed by atoms with Gasteiger partial charge in [-0.15, -0.1) is 0 Å². The molecule has 2 nitrogen and oxygen atoms in total. The predicted octanol–water partition coefficient (Wildman–Crippen LogP) is 4.67. The molecule has 1 aliphatic rings. The zero-order valence-corrected chi connectivity index (χ0v) is 11.2. The van der Waals surface area contributed by atoms with E-state index in [1.165, 1.54) is 19.3 Å². The molecule has 1 aromatic rings. The fourth-order valence-electron chi connectivity index (χ4n) is 2.86. The number of hydrogen-bond acceptors (Lipinski definition) is 2. The average molecular weight is 269 g/mol. The summed E-state index contributed by atoms with van der Waals surface area (Å²) in [5.74, 6) is 0.886. The number of halogens is 2. The Morgan fingerprint density at radius 2 is 2.11 bits per heavy atom. The van der Waals surface area contributed by atoms with Gasteiger partial charge in [0.2, 0.25) is 0 Å². The molecule has 0 radical (unpaired) electrons. The molecule has 106 valence electrons. The SMILES string of the molecule is CCC1CCCCC1Nc1cccc(OC(F)F)c1. The summed E-state index contributed by atoms with van der Waals surface area (Å²) >= 11 is 0. The lowest BCUT2D eigenvalue weighted by Gasteiger charge is -2.32. The van der Waals surface area contributed by atoms with Crippen molar-refractivity contribution < 1.29 is 13.5 Å². The first-order chi connectivity index (χ1) is 9.19. The minimum absolute atomic E-state index is 0.212. The van der Waals surface area contributed by atoms with Crippen molar-refractivity contribution >= 4 is 5.69 Å². The molecule has 0 aliphatic heterocycles. The Kier molecular flexibility index (Phi) is 5.00. The summed E-state index contributed by atoms with van der Waals surface area (Å²) in [6.45, 7) is -0.561. The smallest absolute Gasteiger partial charge is 0.387 e. The van der Waals surface area contributed by atoms with Crippen LogP contribution >= 0.6 is 0 Å². The average Bonchev–Trinajstić information content (AvgIpc) is 2.39. The minimum Gasteiger partial charge on any atom is -0.435 e. The van der Waals surface area contributed by atoms with Crippen LogP contribution in [0.2, 0.25) is 0 Å². The number of ether oxygens (including phenoxy) is 1. The monoisotopic (exact) mass is 269 g/mol. The van der Waals surface area contributed by atoms with Gasteiger partial charge in [0.25, 0.3) is 0 Å². The van der Waals surface area contributed by atoms with Crippen molar-refractivity contribution in [1.29, 1.82) is 0 Å². The van der Waals surface area contributed by atoms with Crippen molar-refractivity contribution in [2.75, 3.05) is 5.32 Å². The van der Waals surface area contributed by atoms with Crippen molar-refractivity contribution in [3.63, 3.8) is 0 Å². The molecule has 2 unspecified atom stereocenters. The summed E-state index contributed by atoms with van der Waals surface area (Å²) in [6.07, 6.45) is 6.09. The molecule has 4 heteroatoms. The Hall–Kier alpha value is -1.32. The highest BCUT2D eigenvalue weighted by Crippen LogP contribution is 2.30. The van der Waals surface area contributed by atoms with Gasteiger partial charge in [0.05, 0.1) is 0 Å². The fraction of sp³-hybridized carbons (Fsp3) is 0.600. The molecular weight excluding hydrogens is 248 g/mol. The van der Waals surface area contributed by atoms with Crippen LogP contribution in [-0.4, -0.2) is 12.7 Å². The van der Waals surface area contributed by atoms with Gasteiger partial charge in [0.1, 0.15) is 5.75 Å². The lowest BCUT2D eigenvalue weighted by atomic mass is 9.83. The molecule has 1 aromatic carbocycles. The zero-order valence-electron chi connectivity index (χ0n) is 11.2. The third-order valence-corrected chi connectivity index (χ3v) is 3.84. The molecule has 2 atom stereocenters. The maximum absolute atomic E-state index is 12.2. The van der Waals surface area contributed by atoms with Gasteiger partial charge in [0.15, 0.2) is 0 Å². The van der Waals surface area contributed by atoms with Crippen molar-refractivity contribution in [3.05, 3.63) is 24.3 Å². The van der Waals surface area contributed by atoms with E-state index in [0.29, 0.717) is 12.0 Å². The maximum atomic E-state index is 12.2. The fourth-order valence-corrected chi connectivity index (χ4v) is 2.86. The molecule has 0 amide bonds. The normalized spacial score (nSPS) is 23.4. The summed E-state index contributed by atoms with van der Waals surface area (Å²) in [7, 11) is 0. The van der Waals surface area contributed by atoms with Crippen molar-refractivity contribution in [2.45, 2.75) is 51.7 Å². The Bertz CT molecular complexity index is 397. The number of hydrogen-bond donors (Lipinski definition) is 1. The molecular formula is C15H21F2NO. The van der Waals surface area contributed by atoms with Crippen LogP contribution in [0, 0.1) is 5.92 Å². The van der Waals surface area contributed by atoms with Crippen molar-refractivity contribution in [1.82, 2.24) is 0 Å². The summed E-state index contributed by atoms with van der Waals surface area (Å²) in [5.41, 5.74) is 0.864. The van der Waals surface area contributed by atoms with E-state index in [-0.39, 0.29) is 5.75 Å². The van der Waals surface area contributed by atoms with E-state index >= 15 is 0 Å². The van der Waals surface area contributed by atoms with E-state index in [0.717, 1.165) is 18.5 Å². The molecule has 0 spiro atoms. The third-order valence-electron chi connectivity index (χ3n) is 3.84. The van der Waals surface area contributed by atoms with Crippen LogP contribution in [0.3, 0.4) is 0 Å². The number of anilines is 1. The molecule has 0 heterocycles. The molecule has 1 fully saturated rings. The number of rotatable bonds is 5. The van der Waals surface area contributed by atoms with Gasteiger partial charge in [0, 0.05) is 17.8 Å². The first-order valence-electron chi connectivity index (χ1n) is 7.00. The highest BCUT2D eigenvalue weighted by molar-refractivity contribution is 5.49. The summed E-state index contributed by atoms with van der Waals surface area (Å²) in [6, 6.07) is 7.28. The minimum atomic E-state index is -2.77. The van der Waals surface area contributed by atoms with Gasteiger partial charge in [-0.1, -0.05) is 32.3 Å². The summed E-state index contributed by atoms with van der Waals surface area (Å²) in [4.78, 5) is 0. The van der Waals surface area contributed by atoms with Crippen LogP contribution in [0.4, 0.5) is 14.5 Å². The molecule has 1 N–H and O–H groups in total. The van der Waals surface area contributed by atoms with Gasteiger partial charge >= 0.3 is 6.61 Å². The largest absolute Gasteiger partial charge is 0.435 e. The van der Waals surface area contributed by atoms with Crippen molar-refractivity contribution in [3.8, 4) is 5.75 Å². The summed E-state index contributed by atoms with van der Waals surface area (Å²) < 4.78 is 28.8. The topological polar surface area (TPSA) is 21.3 Å². The third kappa shape index (κ3) is 4.08. The Labute approximate surface area is 113 Å². The van der Waals surface area contributed by atoms with E-state index in [4.69, 9.17) is 0 Å². The maximum Gasteiger partial charge on any atom is 0.387 e. The highest BCUT2D eigenvalue weighted by Gasteiger charge is 2.23. The molecule has 0 bridgehead atoms. The van der Waals surface area contributed by atoms with Gasteiger partial charge in [-0.25, -0.2) is 0 Å². The van der Waals surface area contributed by atoms with Crippen LogP contribution in [0.15, 0.2) is 24.3 Å². The van der Waals surface area contributed by atoms with Gasteiger partial charge < -0.3 is 10.1 Å². The lowest BCUT2D eigenvalue weighted by Crippen LogP contribution is -2.31. The Balaban J connectivity index is 2.01. The van der Waals surface area contributed by atoms with Crippen LogP contribution in [-0.2, 0) is 0 Å². The molecule has 1 aliphatic carbocycles. The molecule has 2 rings (SSSR count). The number of nitrogens with one attached hydrogen (secondary N) is 1. The van der Waals surface area contributed by atoms with Crippen LogP contribution < -0.4 is 10.1 Å². The molecule has 0 aromatic heterocycles. The number of alkyl halides is 2. The van der Waals surface area contributed by atoms with Gasteiger partial charge in [-0.05, 0) is 30.9 Å². The first-order valence-corrected chi connectivity index (χ1v) is 7.00. The highest BCUT2D eigenvalue weighted by atomic mass is 19.3. The van der Waals surface area contributed by atoms with E-state index in [9.17, 15) is 8.78 Å². The summed E-state index contributed by atoms with van der Waals surface area (Å²) in [5, 5.41) is 3.47. The second-order valence-corrected chi connectivity index (χ2v) is 5.11. The van der Waals surface area contributed by atoms with E-state index in [1.807, 2.05) is 6.07 Å². The first kappa shape index (κ1) is 14.1. The van der Waals surface area contributed by atoms with E-state index < -0.39 is 6.61 Å². The number of benzene rings is 1.